The highest BCUT2D eigenvalue weighted by atomic mass is 32.2. The average molecular weight is 758 g/mol. The Labute approximate surface area is 314 Å². The van der Waals surface area contributed by atoms with Gasteiger partial charge in [0, 0.05) is 29.2 Å². The number of nitrogens with one attached hydrogen (secondary N) is 3. The van der Waals surface area contributed by atoms with Crippen LogP contribution in [0.25, 0.3) is 10.9 Å². The van der Waals surface area contributed by atoms with Crippen LogP contribution in [0, 0.1) is 12.8 Å². The van der Waals surface area contributed by atoms with E-state index in [1.165, 1.54) is 0 Å². The Kier molecular flexibility index (Phi) is 8.32. The lowest BCUT2D eigenvalue weighted by molar-refractivity contribution is -0.140. The molecule has 54 heavy (non-hydrogen) atoms. The summed E-state index contributed by atoms with van der Waals surface area (Å²) in [6.07, 6.45) is 12.2. The molecule has 6 aliphatic rings. The van der Waals surface area contributed by atoms with Crippen molar-refractivity contribution in [3.63, 3.8) is 0 Å². The van der Waals surface area contributed by atoms with Crippen molar-refractivity contribution in [3.05, 3.63) is 53.5 Å². The van der Waals surface area contributed by atoms with Gasteiger partial charge in [-0.15, -0.1) is 0 Å². The smallest absolute Gasteiger partial charge is 0.322 e. The first-order valence-corrected chi connectivity index (χ1v) is 20.9. The molecule has 5 heterocycles. The van der Waals surface area contributed by atoms with E-state index in [4.69, 9.17) is 14.2 Å². The summed E-state index contributed by atoms with van der Waals surface area (Å²) in [6.45, 7) is 3.67. The quantitative estimate of drug-likeness (QED) is 0.304. The van der Waals surface area contributed by atoms with Crippen molar-refractivity contribution in [2.45, 2.75) is 131 Å². The molecule has 15 heteroatoms. The van der Waals surface area contributed by atoms with E-state index in [0.717, 1.165) is 60.7 Å². The molecule has 3 N–H and O–H groups in total. The van der Waals surface area contributed by atoms with Gasteiger partial charge in [-0.3, -0.25) is 19.1 Å². The van der Waals surface area contributed by atoms with Gasteiger partial charge in [-0.05, 0) is 84.1 Å². The molecule has 3 aromatic rings. The third-order valence-electron chi connectivity index (χ3n) is 12.6. The highest BCUT2D eigenvalue weighted by Gasteiger charge is 2.64. The van der Waals surface area contributed by atoms with Crippen LogP contribution >= 0.6 is 0 Å². The van der Waals surface area contributed by atoms with Crippen LogP contribution < -0.4 is 20.1 Å². The molecule has 1 saturated heterocycles. The van der Waals surface area contributed by atoms with Gasteiger partial charge >= 0.3 is 6.01 Å². The number of pyridine rings is 1. The number of nitrogens with zero attached hydrogens (tertiary/aromatic N) is 4. The van der Waals surface area contributed by atoms with E-state index < -0.39 is 49.8 Å². The maximum atomic E-state index is 14.8. The number of carbonyl (C=O) groups is 3. The van der Waals surface area contributed by atoms with E-state index in [9.17, 15) is 22.8 Å². The number of carbonyl (C=O) groups excluding carboxylic acids is 3. The van der Waals surface area contributed by atoms with Gasteiger partial charge in [0.05, 0.1) is 22.5 Å². The van der Waals surface area contributed by atoms with Gasteiger partial charge in [-0.2, -0.15) is 4.98 Å². The summed E-state index contributed by atoms with van der Waals surface area (Å²) in [7, 11) is -3.96. The standard InChI is InChI=1S/C39H47N7O7S/c1-23-31-27(26-11-8-9-12-28(26)40-23)16-17-38(52-31)21-30-33(47)43-39(35(49)45-54(50,51)37(2)18-19-37)20-25(39)10-6-4-3-5-7-13-29(34(48)46(30)22-38)41-36-42-32(44-53-36)24-14-15-24/h6,8-12,24-25,29-30H,3-5,7,13-22H2,1-2H3,(H,43,47)(H,45,49)(H,41,42,44)/b10-6-/t25-,29+,30+,38-,39-/m1/s1. The van der Waals surface area contributed by atoms with E-state index in [1.807, 2.05) is 43.3 Å². The van der Waals surface area contributed by atoms with Gasteiger partial charge in [0.25, 0.3) is 5.91 Å². The average Bonchev–Trinajstić information content (AvgIpc) is 4.11. The Hall–Kier alpha value is -4.53. The third-order valence-corrected chi connectivity index (χ3v) is 14.7. The molecule has 3 aliphatic heterocycles. The number of hydrogen-bond acceptors (Lipinski definition) is 11. The summed E-state index contributed by atoms with van der Waals surface area (Å²) < 4.78 is 40.2. The van der Waals surface area contributed by atoms with Crippen molar-refractivity contribution >= 4 is 44.7 Å². The molecule has 4 fully saturated rings. The zero-order chi connectivity index (χ0) is 37.5. The molecule has 3 amide bonds. The van der Waals surface area contributed by atoms with Crippen LogP contribution in [0.2, 0.25) is 0 Å². The number of para-hydroxylation sites is 1. The fourth-order valence-electron chi connectivity index (χ4n) is 8.59. The zero-order valence-electron chi connectivity index (χ0n) is 30.7. The lowest BCUT2D eigenvalue weighted by Gasteiger charge is -2.36. The van der Waals surface area contributed by atoms with Gasteiger partial charge in [-0.25, -0.2) is 13.4 Å². The molecular formula is C39H47N7O7S. The number of ether oxygens (including phenoxy) is 1. The summed E-state index contributed by atoms with van der Waals surface area (Å²) in [5.74, 6) is -0.390. The molecular weight excluding hydrogens is 711 g/mol. The highest BCUT2D eigenvalue weighted by Crippen LogP contribution is 2.49. The summed E-state index contributed by atoms with van der Waals surface area (Å²) in [5, 5.41) is 11.4. The largest absolute Gasteiger partial charge is 0.483 e. The molecule has 3 saturated carbocycles. The van der Waals surface area contributed by atoms with Crippen molar-refractivity contribution in [3.8, 4) is 5.75 Å². The van der Waals surface area contributed by atoms with Crippen molar-refractivity contribution < 1.29 is 32.1 Å². The number of amides is 3. The van der Waals surface area contributed by atoms with Crippen LogP contribution in [0.4, 0.5) is 6.01 Å². The zero-order valence-corrected chi connectivity index (χ0v) is 31.5. The second-order valence-electron chi connectivity index (χ2n) is 16.6. The molecule has 1 spiro atoms. The Morgan fingerprint density at radius 3 is 2.65 bits per heavy atom. The number of benzene rings is 1. The second-order valence-corrected chi connectivity index (χ2v) is 18.8. The molecule has 2 aromatic heterocycles. The lowest BCUT2D eigenvalue weighted by Crippen LogP contribution is -2.58. The number of fused-ring (bicyclic) bond motifs is 5. The second kappa shape index (κ2) is 12.8. The fraction of sp³-hybridized carbons (Fsp3) is 0.590. The Morgan fingerprint density at radius 1 is 1.04 bits per heavy atom. The van der Waals surface area contributed by atoms with Crippen LogP contribution in [-0.2, 0) is 30.8 Å². The van der Waals surface area contributed by atoms with Crippen LogP contribution in [0.15, 0.2) is 40.9 Å². The van der Waals surface area contributed by atoms with E-state index in [2.05, 4.69) is 25.5 Å². The van der Waals surface area contributed by atoms with Crippen LogP contribution in [0.3, 0.4) is 0 Å². The molecule has 0 unspecified atom stereocenters. The summed E-state index contributed by atoms with van der Waals surface area (Å²) in [4.78, 5) is 54.4. The first kappa shape index (κ1) is 35.2. The minimum absolute atomic E-state index is 0.139. The van der Waals surface area contributed by atoms with Crippen LogP contribution in [-0.4, -0.2) is 80.7 Å². The van der Waals surface area contributed by atoms with Crippen molar-refractivity contribution in [1.82, 2.24) is 30.1 Å². The molecule has 5 atom stereocenters. The van der Waals surface area contributed by atoms with Gasteiger partial charge in [0.15, 0.2) is 5.82 Å². The van der Waals surface area contributed by atoms with E-state index in [-0.39, 0.29) is 43.1 Å². The Bertz CT molecular complexity index is 2180. The minimum atomic E-state index is -3.96. The van der Waals surface area contributed by atoms with Crippen molar-refractivity contribution in [2.75, 3.05) is 11.9 Å². The summed E-state index contributed by atoms with van der Waals surface area (Å²) >= 11 is 0. The molecule has 286 valence electrons. The predicted molar refractivity (Wildman–Crippen MR) is 198 cm³/mol. The highest BCUT2D eigenvalue weighted by molar-refractivity contribution is 7.91. The topological polar surface area (TPSA) is 186 Å². The molecule has 0 radical (unpaired) electrons. The molecule has 3 aliphatic carbocycles. The molecule has 14 nitrogen and oxygen atoms in total. The number of hydrogen-bond donors (Lipinski definition) is 3. The van der Waals surface area contributed by atoms with E-state index in [0.29, 0.717) is 43.7 Å². The summed E-state index contributed by atoms with van der Waals surface area (Å²) in [5.41, 5.74) is 0.313. The SMILES string of the molecule is Cc1nc2ccccc2c2c1O[C@]1(CC2)C[C@H]2C(=O)N[C@]3(C(=O)NS(=O)(=O)C4(C)CC4)C[C@H]3/C=C\CCCCC[C@H](Nc3nc(C4CC4)no3)C(=O)N2C1. The Balaban J connectivity index is 1.06. The third kappa shape index (κ3) is 6.21. The van der Waals surface area contributed by atoms with E-state index >= 15 is 0 Å². The number of aryl methyl sites for hydroxylation is 2. The Morgan fingerprint density at radius 2 is 1.85 bits per heavy atom. The molecule has 1 aromatic carbocycles. The van der Waals surface area contributed by atoms with Crippen molar-refractivity contribution in [2.24, 2.45) is 5.92 Å². The fourth-order valence-corrected chi connectivity index (χ4v) is 9.90. The van der Waals surface area contributed by atoms with Gasteiger partial charge in [0.1, 0.15) is 29.0 Å². The van der Waals surface area contributed by atoms with E-state index in [1.54, 1.807) is 11.8 Å². The van der Waals surface area contributed by atoms with Gasteiger partial charge in [-0.1, -0.05) is 48.3 Å². The monoisotopic (exact) mass is 757 g/mol. The number of aromatic nitrogens is 3. The van der Waals surface area contributed by atoms with Gasteiger partial charge < -0.3 is 24.8 Å². The van der Waals surface area contributed by atoms with Crippen LogP contribution in [0.5, 0.6) is 5.75 Å². The number of rotatable bonds is 6. The number of sulfonamides is 1. The van der Waals surface area contributed by atoms with Crippen molar-refractivity contribution in [1.29, 1.82) is 0 Å². The first-order valence-electron chi connectivity index (χ1n) is 19.4. The summed E-state index contributed by atoms with van der Waals surface area (Å²) in [6, 6.07) is 6.36. The predicted octanol–water partition coefficient (Wildman–Crippen LogP) is 4.34. The first-order chi connectivity index (χ1) is 25.9. The number of anilines is 1. The maximum Gasteiger partial charge on any atom is 0.322 e. The minimum Gasteiger partial charge on any atom is -0.483 e. The molecule has 9 rings (SSSR count). The lowest BCUT2D eigenvalue weighted by atomic mass is 9.87. The normalized spacial score (nSPS) is 31.2. The van der Waals surface area contributed by atoms with Crippen LogP contribution in [0.1, 0.15) is 107 Å². The number of allylic oxidation sites excluding steroid dienone is 1. The molecule has 0 bridgehead atoms. The maximum absolute atomic E-state index is 14.8. The van der Waals surface area contributed by atoms with Gasteiger partial charge in [0.2, 0.25) is 21.8 Å².